The van der Waals surface area contributed by atoms with Gasteiger partial charge < -0.3 is 10.2 Å². The molecule has 1 heterocycles. The minimum absolute atomic E-state index is 0.0341. The number of rotatable bonds is 5. The van der Waals surface area contributed by atoms with Crippen molar-refractivity contribution in [3.8, 4) is 0 Å². The summed E-state index contributed by atoms with van der Waals surface area (Å²) in [5.74, 6) is -0.536. The number of hydrogen-bond acceptors (Lipinski definition) is 3. The molecule has 2 aliphatic rings. The fraction of sp³-hybridized carbons (Fsp3) is 0.529. The quantitative estimate of drug-likeness (QED) is 0.871. The molecule has 7 heteroatoms. The Hall–Kier alpha value is -1.66. The summed E-state index contributed by atoms with van der Waals surface area (Å²) in [4.78, 5) is 27.9. The summed E-state index contributed by atoms with van der Waals surface area (Å²) in [5.41, 5.74) is 0.246. The van der Waals surface area contributed by atoms with Gasteiger partial charge in [0.1, 0.15) is 5.82 Å². The minimum Gasteiger partial charge on any atom is -0.352 e. The van der Waals surface area contributed by atoms with Crippen molar-refractivity contribution in [2.45, 2.75) is 25.3 Å². The Labute approximate surface area is 145 Å². The largest absolute Gasteiger partial charge is 0.352 e. The van der Waals surface area contributed by atoms with Crippen molar-refractivity contribution in [1.29, 1.82) is 0 Å². The number of benzene rings is 1. The van der Waals surface area contributed by atoms with Crippen LogP contribution >= 0.6 is 11.6 Å². The molecule has 1 N–H and O–H groups in total. The molecule has 3 rings (SSSR count). The molecule has 1 saturated carbocycles. The first-order chi connectivity index (χ1) is 11.5. The molecule has 2 amide bonds. The van der Waals surface area contributed by atoms with Gasteiger partial charge in [0.15, 0.2) is 0 Å². The van der Waals surface area contributed by atoms with Crippen LogP contribution in [0.3, 0.4) is 0 Å². The first-order valence-corrected chi connectivity index (χ1v) is 8.63. The normalized spacial score (nSPS) is 18.5. The van der Waals surface area contributed by atoms with Crippen LogP contribution in [-0.4, -0.2) is 60.4 Å². The number of hydrogen-bond donors (Lipinski definition) is 1. The van der Waals surface area contributed by atoms with Crippen molar-refractivity contribution in [2.24, 2.45) is 0 Å². The van der Waals surface area contributed by atoms with Gasteiger partial charge in [0.2, 0.25) is 11.8 Å². The maximum absolute atomic E-state index is 13.8. The Balaban J connectivity index is 1.47. The SMILES string of the molecule is O=C(CN1CCN(C(=O)Cc2c(F)cccc2Cl)CC1)NC1CC1. The fourth-order valence-electron chi connectivity index (χ4n) is 2.82. The van der Waals surface area contributed by atoms with E-state index in [0.717, 1.165) is 12.8 Å². The number of nitrogens with zero attached hydrogens (tertiary/aromatic N) is 2. The lowest BCUT2D eigenvalue weighted by Gasteiger charge is -2.34. The molecule has 1 aliphatic carbocycles. The number of nitrogens with one attached hydrogen (secondary N) is 1. The van der Waals surface area contributed by atoms with E-state index in [9.17, 15) is 14.0 Å². The van der Waals surface area contributed by atoms with Crippen molar-refractivity contribution in [3.63, 3.8) is 0 Å². The molecule has 0 spiro atoms. The van der Waals surface area contributed by atoms with E-state index in [1.54, 1.807) is 11.0 Å². The molecule has 24 heavy (non-hydrogen) atoms. The molecule has 130 valence electrons. The summed E-state index contributed by atoms with van der Waals surface area (Å²) in [6.45, 7) is 2.75. The molecule has 5 nitrogen and oxygen atoms in total. The highest BCUT2D eigenvalue weighted by Gasteiger charge is 2.26. The lowest BCUT2D eigenvalue weighted by molar-refractivity contribution is -0.132. The van der Waals surface area contributed by atoms with Gasteiger partial charge in [-0.25, -0.2) is 4.39 Å². The van der Waals surface area contributed by atoms with E-state index in [1.165, 1.54) is 12.1 Å². The van der Waals surface area contributed by atoms with Gasteiger partial charge in [-0.05, 0) is 25.0 Å². The summed E-state index contributed by atoms with van der Waals surface area (Å²) in [5, 5.41) is 3.24. The Morgan fingerprint density at radius 1 is 1.21 bits per heavy atom. The first-order valence-electron chi connectivity index (χ1n) is 8.25. The number of piperazine rings is 1. The van der Waals surface area contributed by atoms with Gasteiger partial charge in [0.25, 0.3) is 0 Å². The van der Waals surface area contributed by atoms with Gasteiger partial charge in [0.05, 0.1) is 13.0 Å². The van der Waals surface area contributed by atoms with Gasteiger partial charge >= 0.3 is 0 Å². The molecule has 1 aliphatic heterocycles. The molecular weight excluding hydrogens is 333 g/mol. The van der Waals surface area contributed by atoms with E-state index >= 15 is 0 Å². The van der Waals surface area contributed by atoms with Crippen LogP contribution in [0.25, 0.3) is 0 Å². The van der Waals surface area contributed by atoms with Crippen molar-refractivity contribution < 1.29 is 14.0 Å². The average molecular weight is 354 g/mol. The number of carbonyl (C=O) groups excluding carboxylic acids is 2. The molecule has 0 bridgehead atoms. The monoisotopic (exact) mass is 353 g/mol. The zero-order chi connectivity index (χ0) is 17.1. The molecule has 0 unspecified atom stereocenters. The summed E-state index contributed by atoms with van der Waals surface area (Å²) >= 11 is 5.98. The summed E-state index contributed by atoms with van der Waals surface area (Å²) < 4.78 is 13.8. The average Bonchev–Trinajstić information content (AvgIpc) is 3.35. The molecule has 1 aromatic carbocycles. The third kappa shape index (κ3) is 4.45. The maximum atomic E-state index is 13.8. The maximum Gasteiger partial charge on any atom is 0.234 e. The van der Waals surface area contributed by atoms with Gasteiger partial charge in [0, 0.05) is 42.8 Å². The highest BCUT2D eigenvalue weighted by atomic mass is 35.5. The van der Waals surface area contributed by atoms with E-state index in [1.807, 2.05) is 4.90 Å². The smallest absolute Gasteiger partial charge is 0.234 e. The van der Waals surface area contributed by atoms with Gasteiger partial charge in [-0.2, -0.15) is 0 Å². The van der Waals surface area contributed by atoms with Gasteiger partial charge in [-0.3, -0.25) is 14.5 Å². The van der Waals surface area contributed by atoms with Crippen LogP contribution in [0.1, 0.15) is 18.4 Å². The molecule has 1 saturated heterocycles. The second kappa shape index (κ2) is 7.49. The number of halogens is 2. The molecule has 0 atom stereocenters. The lowest BCUT2D eigenvalue weighted by atomic mass is 10.1. The van der Waals surface area contributed by atoms with Crippen LogP contribution in [-0.2, 0) is 16.0 Å². The van der Waals surface area contributed by atoms with E-state index < -0.39 is 5.82 Å². The molecule has 2 fully saturated rings. The molecule has 0 radical (unpaired) electrons. The van der Waals surface area contributed by atoms with Gasteiger partial charge in [-0.15, -0.1) is 0 Å². The van der Waals surface area contributed by atoms with Gasteiger partial charge in [-0.1, -0.05) is 17.7 Å². The van der Waals surface area contributed by atoms with Crippen LogP contribution in [0.4, 0.5) is 4.39 Å². The van der Waals surface area contributed by atoms with Crippen molar-refractivity contribution >= 4 is 23.4 Å². The molecule has 1 aromatic rings. The second-order valence-corrected chi connectivity index (χ2v) is 6.78. The van der Waals surface area contributed by atoms with Crippen molar-refractivity contribution in [1.82, 2.24) is 15.1 Å². The van der Waals surface area contributed by atoms with Crippen molar-refractivity contribution in [3.05, 3.63) is 34.6 Å². The standard InChI is InChI=1S/C17H21ClFN3O2/c18-14-2-1-3-15(19)13(14)10-17(24)22-8-6-21(7-9-22)11-16(23)20-12-4-5-12/h1-3,12H,4-11H2,(H,20,23). The van der Waals surface area contributed by atoms with E-state index in [2.05, 4.69) is 5.32 Å². The predicted octanol–water partition coefficient (Wildman–Crippen LogP) is 1.44. The lowest BCUT2D eigenvalue weighted by Crippen LogP contribution is -2.51. The van der Waals surface area contributed by atoms with Crippen LogP contribution in [0.15, 0.2) is 18.2 Å². The third-order valence-corrected chi connectivity index (χ3v) is 4.78. The number of carbonyl (C=O) groups is 2. The fourth-order valence-corrected chi connectivity index (χ4v) is 3.05. The van der Waals surface area contributed by atoms with Crippen molar-refractivity contribution in [2.75, 3.05) is 32.7 Å². The highest BCUT2D eigenvalue weighted by Crippen LogP contribution is 2.20. The zero-order valence-corrected chi connectivity index (χ0v) is 14.2. The minimum atomic E-state index is -0.453. The van der Waals surface area contributed by atoms with E-state index in [0.29, 0.717) is 38.8 Å². The number of amides is 2. The van der Waals surface area contributed by atoms with E-state index in [4.69, 9.17) is 11.6 Å². The Morgan fingerprint density at radius 2 is 1.92 bits per heavy atom. The molecular formula is C17H21ClFN3O2. The van der Waals surface area contributed by atoms with Crippen LogP contribution < -0.4 is 5.32 Å². The summed E-state index contributed by atoms with van der Waals surface area (Å²) in [6, 6.07) is 4.79. The highest BCUT2D eigenvalue weighted by molar-refractivity contribution is 6.31. The van der Waals surface area contributed by atoms with E-state index in [-0.39, 0.29) is 28.8 Å². The third-order valence-electron chi connectivity index (χ3n) is 4.42. The van der Waals surface area contributed by atoms with Crippen LogP contribution in [0.2, 0.25) is 5.02 Å². The van der Waals surface area contributed by atoms with Crippen LogP contribution in [0.5, 0.6) is 0 Å². The zero-order valence-electron chi connectivity index (χ0n) is 13.4. The Bertz CT molecular complexity index is 608. The first kappa shape index (κ1) is 17.2. The Kier molecular flexibility index (Phi) is 5.36. The van der Waals surface area contributed by atoms with Crippen LogP contribution in [0, 0.1) is 5.82 Å². The second-order valence-electron chi connectivity index (χ2n) is 6.38. The summed E-state index contributed by atoms with van der Waals surface area (Å²) in [6.07, 6.45) is 2.12. The predicted molar refractivity (Wildman–Crippen MR) is 89.3 cm³/mol. The molecule has 0 aromatic heterocycles. The Morgan fingerprint density at radius 3 is 2.54 bits per heavy atom. The summed E-state index contributed by atoms with van der Waals surface area (Å²) in [7, 11) is 0. The topological polar surface area (TPSA) is 52.7 Å².